The van der Waals surface area contributed by atoms with Crippen LogP contribution in [0.5, 0.6) is 0 Å². The van der Waals surface area contributed by atoms with Gasteiger partial charge in [-0.3, -0.25) is 5.10 Å². The van der Waals surface area contributed by atoms with Gasteiger partial charge in [0.2, 0.25) is 0 Å². The molecule has 2 aromatic heterocycles. The van der Waals surface area contributed by atoms with E-state index < -0.39 is 0 Å². The Morgan fingerprint density at radius 3 is 3.00 bits per heavy atom. The lowest BCUT2D eigenvalue weighted by atomic mass is 10.2. The number of H-pyrrole nitrogens is 1. The average Bonchev–Trinajstić information content (AvgIpc) is 2.94. The summed E-state index contributed by atoms with van der Waals surface area (Å²) in [7, 11) is 0. The zero-order chi connectivity index (χ0) is 14.1. The molecular formula is C14H16FN5. The van der Waals surface area contributed by atoms with E-state index in [1.807, 2.05) is 6.07 Å². The number of anilines is 1. The Hall–Kier alpha value is -2.37. The summed E-state index contributed by atoms with van der Waals surface area (Å²) < 4.78 is 15.0. The Morgan fingerprint density at radius 2 is 2.25 bits per heavy atom. The molecule has 0 saturated carbocycles. The zero-order valence-corrected chi connectivity index (χ0v) is 11.2. The second kappa shape index (κ2) is 4.96. The van der Waals surface area contributed by atoms with Gasteiger partial charge in [0.1, 0.15) is 11.6 Å². The van der Waals surface area contributed by atoms with Crippen LogP contribution in [0.1, 0.15) is 24.6 Å². The van der Waals surface area contributed by atoms with Crippen LogP contribution >= 0.6 is 0 Å². The summed E-state index contributed by atoms with van der Waals surface area (Å²) in [6.45, 7) is 2.57. The Labute approximate surface area is 115 Å². The quantitative estimate of drug-likeness (QED) is 0.767. The number of nitrogens with two attached hydrogens (primary N) is 1. The van der Waals surface area contributed by atoms with Gasteiger partial charge < -0.3 is 5.73 Å². The highest BCUT2D eigenvalue weighted by Gasteiger charge is 2.16. The number of hydrogen-bond acceptors (Lipinski definition) is 3. The van der Waals surface area contributed by atoms with Crippen molar-refractivity contribution >= 4 is 16.9 Å². The molecule has 20 heavy (non-hydrogen) atoms. The van der Waals surface area contributed by atoms with Crippen LogP contribution in [0.2, 0.25) is 0 Å². The van der Waals surface area contributed by atoms with E-state index in [0.29, 0.717) is 12.4 Å². The predicted octanol–water partition coefficient (Wildman–Crippen LogP) is 2.48. The first kappa shape index (κ1) is 12.7. The van der Waals surface area contributed by atoms with Gasteiger partial charge in [0.25, 0.3) is 0 Å². The molecule has 0 saturated heterocycles. The SMILES string of the molecule is CCCc1nn(Cc2cccc(F)c2)c2n[nH]c(N)c12. The van der Waals surface area contributed by atoms with Crippen LogP contribution in [0.25, 0.3) is 11.0 Å². The number of hydrogen-bond donors (Lipinski definition) is 2. The normalized spacial score (nSPS) is 11.3. The van der Waals surface area contributed by atoms with Crippen LogP contribution in [-0.2, 0) is 13.0 Å². The van der Waals surface area contributed by atoms with Crippen LogP contribution in [0.3, 0.4) is 0 Å². The largest absolute Gasteiger partial charge is 0.383 e. The van der Waals surface area contributed by atoms with Crippen molar-refractivity contribution in [1.29, 1.82) is 0 Å². The molecule has 0 radical (unpaired) electrons. The fraction of sp³-hybridized carbons (Fsp3) is 0.286. The van der Waals surface area contributed by atoms with E-state index in [4.69, 9.17) is 5.73 Å². The first-order chi connectivity index (χ1) is 9.69. The molecule has 3 N–H and O–H groups in total. The van der Waals surface area contributed by atoms with Crippen molar-refractivity contribution in [2.24, 2.45) is 0 Å². The van der Waals surface area contributed by atoms with Crippen molar-refractivity contribution in [2.45, 2.75) is 26.3 Å². The molecule has 0 atom stereocenters. The number of benzene rings is 1. The lowest BCUT2D eigenvalue weighted by molar-refractivity contribution is 0.619. The van der Waals surface area contributed by atoms with Gasteiger partial charge in [-0.25, -0.2) is 9.07 Å². The second-order valence-electron chi connectivity index (χ2n) is 4.82. The van der Waals surface area contributed by atoms with Crippen LogP contribution in [0.4, 0.5) is 10.2 Å². The highest BCUT2D eigenvalue weighted by atomic mass is 19.1. The van der Waals surface area contributed by atoms with Crippen LogP contribution in [0.15, 0.2) is 24.3 Å². The standard InChI is InChI=1S/C14H16FN5/c1-2-4-11-12-13(16)17-18-14(12)20(19-11)8-9-5-3-6-10(15)7-9/h3,5-7H,2,4,8H2,1H3,(H3,16,17,18). The monoisotopic (exact) mass is 273 g/mol. The van der Waals surface area contributed by atoms with Crippen molar-refractivity contribution < 1.29 is 4.39 Å². The molecule has 0 unspecified atom stereocenters. The van der Waals surface area contributed by atoms with Crippen molar-refractivity contribution in [3.05, 3.63) is 41.3 Å². The molecule has 0 aliphatic heterocycles. The molecule has 0 amide bonds. The average molecular weight is 273 g/mol. The number of rotatable bonds is 4. The van der Waals surface area contributed by atoms with E-state index in [0.717, 1.165) is 35.1 Å². The van der Waals surface area contributed by atoms with Gasteiger partial charge in [0, 0.05) is 0 Å². The molecular weight excluding hydrogens is 257 g/mol. The molecule has 5 nitrogen and oxygen atoms in total. The van der Waals surface area contributed by atoms with Crippen molar-refractivity contribution in [2.75, 3.05) is 5.73 Å². The van der Waals surface area contributed by atoms with Gasteiger partial charge in [-0.15, -0.1) is 0 Å². The first-order valence-electron chi connectivity index (χ1n) is 6.62. The summed E-state index contributed by atoms with van der Waals surface area (Å²) in [6, 6.07) is 6.49. The first-order valence-corrected chi connectivity index (χ1v) is 6.62. The second-order valence-corrected chi connectivity index (χ2v) is 4.82. The Kier molecular flexibility index (Phi) is 3.14. The summed E-state index contributed by atoms with van der Waals surface area (Å²) in [4.78, 5) is 0. The number of aryl methyl sites for hydroxylation is 1. The molecule has 3 aromatic rings. The third-order valence-electron chi connectivity index (χ3n) is 3.26. The predicted molar refractivity (Wildman–Crippen MR) is 75.8 cm³/mol. The van der Waals surface area contributed by atoms with Gasteiger partial charge >= 0.3 is 0 Å². The molecule has 6 heteroatoms. The number of nitrogen functional groups attached to an aromatic ring is 1. The molecule has 3 rings (SSSR count). The fourth-order valence-corrected chi connectivity index (χ4v) is 2.39. The molecule has 2 heterocycles. The van der Waals surface area contributed by atoms with E-state index in [2.05, 4.69) is 22.2 Å². The van der Waals surface area contributed by atoms with Gasteiger partial charge in [-0.1, -0.05) is 25.5 Å². The minimum Gasteiger partial charge on any atom is -0.383 e. The van der Waals surface area contributed by atoms with Crippen LogP contribution < -0.4 is 5.73 Å². The van der Waals surface area contributed by atoms with Gasteiger partial charge in [0.05, 0.1) is 17.6 Å². The van der Waals surface area contributed by atoms with Crippen LogP contribution in [-0.4, -0.2) is 20.0 Å². The molecule has 1 aromatic carbocycles. The Bertz CT molecular complexity index is 743. The van der Waals surface area contributed by atoms with E-state index in [-0.39, 0.29) is 5.82 Å². The van der Waals surface area contributed by atoms with E-state index >= 15 is 0 Å². The minimum absolute atomic E-state index is 0.249. The Balaban J connectivity index is 2.03. The van der Waals surface area contributed by atoms with Crippen molar-refractivity contribution in [3.63, 3.8) is 0 Å². The van der Waals surface area contributed by atoms with Crippen LogP contribution in [0, 0.1) is 5.82 Å². The van der Waals surface area contributed by atoms with E-state index in [1.165, 1.54) is 12.1 Å². The highest BCUT2D eigenvalue weighted by Crippen LogP contribution is 2.24. The lowest BCUT2D eigenvalue weighted by Crippen LogP contribution is -2.03. The zero-order valence-electron chi connectivity index (χ0n) is 11.2. The van der Waals surface area contributed by atoms with Crippen molar-refractivity contribution in [1.82, 2.24) is 20.0 Å². The number of nitrogens with one attached hydrogen (secondary N) is 1. The number of aromatic nitrogens is 4. The fourth-order valence-electron chi connectivity index (χ4n) is 2.39. The summed E-state index contributed by atoms with van der Waals surface area (Å²) in [5, 5.41) is 12.4. The molecule has 0 bridgehead atoms. The van der Waals surface area contributed by atoms with Gasteiger partial charge in [-0.2, -0.15) is 10.2 Å². The maximum Gasteiger partial charge on any atom is 0.182 e. The van der Waals surface area contributed by atoms with Crippen molar-refractivity contribution in [3.8, 4) is 0 Å². The van der Waals surface area contributed by atoms with Gasteiger partial charge in [0.15, 0.2) is 5.65 Å². The number of fused-ring (bicyclic) bond motifs is 1. The lowest BCUT2D eigenvalue weighted by Gasteiger charge is -2.02. The topological polar surface area (TPSA) is 72.5 Å². The molecule has 0 aliphatic rings. The van der Waals surface area contributed by atoms with Gasteiger partial charge in [-0.05, 0) is 24.1 Å². The number of aromatic amines is 1. The summed E-state index contributed by atoms with van der Waals surface area (Å²) in [5.74, 6) is 0.287. The van der Waals surface area contributed by atoms with E-state index in [1.54, 1.807) is 10.7 Å². The highest BCUT2D eigenvalue weighted by molar-refractivity contribution is 5.89. The molecule has 0 aliphatic carbocycles. The Morgan fingerprint density at radius 1 is 1.40 bits per heavy atom. The molecule has 0 spiro atoms. The summed E-state index contributed by atoms with van der Waals surface area (Å²) >= 11 is 0. The molecule has 104 valence electrons. The molecule has 0 fully saturated rings. The number of nitrogens with zero attached hydrogens (tertiary/aromatic N) is 3. The summed E-state index contributed by atoms with van der Waals surface area (Å²) in [6.07, 6.45) is 1.83. The summed E-state index contributed by atoms with van der Waals surface area (Å²) in [5.41, 5.74) is 8.41. The minimum atomic E-state index is -0.249. The van der Waals surface area contributed by atoms with E-state index in [9.17, 15) is 4.39 Å². The maximum atomic E-state index is 13.2. The maximum absolute atomic E-state index is 13.2. The third-order valence-corrected chi connectivity index (χ3v) is 3.26. The smallest absolute Gasteiger partial charge is 0.182 e. The number of halogens is 1. The third kappa shape index (κ3) is 2.13.